The Balaban J connectivity index is 1.34. The third kappa shape index (κ3) is 2.61. The van der Waals surface area contributed by atoms with Crippen molar-refractivity contribution in [1.29, 1.82) is 0 Å². The first kappa shape index (κ1) is 13.4. The SMILES string of the molecule is Oc1ccc2c(c1)OCC2NCC1CN2CCCC2CO1. The molecule has 114 valence electrons. The summed E-state index contributed by atoms with van der Waals surface area (Å²) in [7, 11) is 0. The number of morpholine rings is 1. The van der Waals surface area contributed by atoms with E-state index in [0.717, 1.165) is 31.0 Å². The Hall–Kier alpha value is -1.30. The minimum atomic E-state index is 0.195. The first-order valence-corrected chi connectivity index (χ1v) is 7.84. The molecular formula is C16H22N2O3. The van der Waals surface area contributed by atoms with Gasteiger partial charge in [0.25, 0.3) is 0 Å². The summed E-state index contributed by atoms with van der Waals surface area (Å²) in [5.74, 6) is 1.04. The van der Waals surface area contributed by atoms with Crippen LogP contribution in [0.1, 0.15) is 24.4 Å². The minimum absolute atomic E-state index is 0.195. The molecule has 0 spiro atoms. The molecule has 3 unspecified atom stereocenters. The van der Waals surface area contributed by atoms with Gasteiger partial charge < -0.3 is 19.9 Å². The molecule has 3 aliphatic rings. The topological polar surface area (TPSA) is 54.0 Å². The fraction of sp³-hybridized carbons (Fsp3) is 0.625. The Morgan fingerprint density at radius 2 is 2.29 bits per heavy atom. The lowest BCUT2D eigenvalue weighted by Crippen LogP contribution is -2.49. The van der Waals surface area contributed by atoms with Gasteiger partial charge >= 0.3 is 0 Å². The zero-order valence-electron chi connectivity index (χ0n) is 12.1. The standard InChI is InChI=1S/C16H22N2O3/c19-12-3-4-14-15(10-21-16(14)6-12)17-7-13-8-18-5-1-2-11(18)9-20-13/h3-4,6,11,13,15,17,19H,1-2,5,7-10H2. The van der Waals surface area contributed by atoms with Crippen molar-refractivity contribution < 1.29 is 14.6 Å². The summed E-state index contributed by atoms with van der Waals surface area (Å²) in [6, 6.07) is 6.19. The average molecular weight is 290 g/mol. The van der Waals surface area contributed by atoms with Gasteiger partial charge in [-0.25, -0.2) is 0 Å². The summed E-state index contributed by atoms with van der Waals surface area (Å²) >= 11 is 0. The molecule has 0 aromatic heterocycles. The van der Waals surface area contributed by atoms with E-state index in [-0.39, 0.29) is 17.9 Å². The maximum Gasteiger partial charge on any atom is 0.127 e. The lowest BCUT2D eigenvalue weighted by molar-refractivity contribution is -0.0480. The van der Waals surface area contributed by atoms with Crippen molar-refractivity contribution in [3.8, 4) is 11.5 Å². The number of hydrogen-bond donors (Lipinski definition) is 2. The number of hydrogen-bond acceptors (Lipinski definition) is 5. The largest absolute Gasteiger partial charge is 0.508 e. The molecule has 0 aliphatic carbocycles. The average Bonchev–Trinajstić information content (AvgIpc) is 3.10. The van der Waals surface area contributed by atoms with Crippen molar-refractivity contribution in [3.05, 3.63) is 23.8 Å². The van der Waals surface area contributed by atoms with Crippen LogP contribution in [0.25, 0.3) is 0 Å². The van der Waals surface area contributed by atoms with E-state index in [9.17, 15) is 5.11 Å². The Morgan fingerprint density at radius 1 is 1.33 bits per heavy atom. The van der Waals surface area contributed by atoms with Gasteiger partial charge in [-0.2, -0.15) is 0 Å². The quantitative estimate of drug-likeness (QED) is 0.878. The van der Waals surface area contributed by atoms with Gasteiger partial charge in [0.1, 0.15) is 18.1 Å². The van der Waals surface area contributed by atoms with E-state index < -0.39 is 0 Å². The highest BCUT2D eigenvalue weighted by atomic mass is 16.5. The number of fused-ring (bicyclic) bond motifs is 2. The number of nitrogens with zero attached hydrogens (tertiary/aromatic N) is 1. The smallest absolute Gasteiger partial charge is 0.127 e. The first-order chi connectivity index (χ1) is 10.3. The number of phenolic OH excluding ortho intramolecular Hbond substituents is 1. The molecule has 2 N–H and O–H groups in total. The summed E-state index contributed by atoms with van der Waals surface area (Å²) in [6.45, 7) is 4.60. The maximum absolute atomic E-state index is 9.48. The third-order valence-electron chi connectivity index (χ3n) is 4.83. The second kappa shape index (κ2) is 5.48. The van der Waals surface area contributed by atoms with Gasteiger partial charge in [0, 0.05) is 30.8 Å². The van der Waals surface area contributed by atoms with Crippen LogP contribution >= 0.6 is 0 Å². The predicted octanol–water partition coefficient (Wildman–Crippen LogP) is 1.28. The lowest BCUT2D eigenvalue weighted by Gasteiger charge is -2.35. The number of phenols is 1. The van der Waals surface area contributed by atoms with Gasteiger partial charge in [-0.05, 0) is 31.5 Å². The van der Waals surface area contributed by atoms with Crippen molar-refractivity contribution in [3.63, 3.8) is 0 Å². The Bertz CT molecular complexity index is 522. The van der Waals surface area contributed by atoms with Crippen LogP contribution in [0.15, 0.2) is 18.2 Å². The molecular weight excluding hydrogens is 268 g/mol. The molecule has 21 heavy (non-hydrogen) atoms. The van der Waals surface area contributed by atoms with E-state index in [1.807, 2.05) is 6.07 Å². The van der Waals surface area contributed by atoms with E-state index in [4.69, 9.17) is 9.47 Å². The molecule has 2 saturated heterocycles. The fourth-order valence-electron chi connectivity index (χ4n) is 3.65. The monoisotopic (exact) mass is 290 g/mol. The van der Waals surface area contributed by atoms with Crippen LogP contribution < -0.4 is 10.1 Å². The fourth-order valence-corrected chi connectivity index (χ4v) is 3.65. The number of ether oxygens (including phenoxy) is 2. The zero-order chi connectivity index (χ0) is 14.2. The van der Waals surface area contributed by atoms with Gasteiger partial charge in [0.05, 0.1) is 18.8 Å². The Labute approximate surface area is 124 Å². The second-order valence-corrected chi connectivity index (χ2v) is 6.24. The summed E-state index contributed by atoms with van der Waals surface area (Å²) in [5.41, 5.74) is 1.13. The third-order valence-corrected chi connectivity index (χ3v) is 4.83. The lowest BCUT2D eigenvalue weighted by atomic mass is 10.1. The molecule has 2 fully saturated rings. The summed E-state index contributed by atoms with van der Waals surface area (Å²) in [6.07, 6.45) is 2.86. The summed E-state index contributed by atoms with van der Waals surface area (Å²) < 4.78 is 11.6. The van der Waals surface area contributed by atoms with Crippen LogP contribution in [0, 0.1) is 0 Å². The van der Waals surface area contributed by atoms with Crippen molar-refractivity contribution in [2.75, 3.05) is 32.8 Å². The Morgan fingerprint density at radius 3 is 3.24 bits per heavy atom. The van der Waals surface area contributed by atoms with Gasteiger partial charge in [-0.15, -0.1) is 0 Å². The number of benzene rings is 1. The molecule has 3 atom stereocenters. The van der Waals surface area contributed by atoms with E-state index in [1.165, 1.54) is 19.4 Å². The van der Waals surface area contributed by atoms with Crippen molar-refractivity contribution in [2.45, 2.75) is 31.0 Å². The van der Waals surface area contributed by atoms with Crippen LogP contribution in [0.4, 0.5) is 0 Å². The van der Waals surface area contributed by atoms with E-state index in [0.29, 0.717) is 12.6 Å². The second-order valence-electron chi connectivity index (χ2n) is 6.24. The van der Waals surface area contributed by atoms with Gasteiger partial charge in [0.2, 0.25) is 0 Å². The first-order valence-electron chi connectivity index (χ1n) is 7.84. The molecule has 0 saturated carbocycles. The molecule has 1 aromatic rings. The van der Waals surface area contributed by atoms with Crippen molar-refractivity contribution >= 4 is 0 Å². The van der Waals surface area contributed by atoms with Gasteiger partial charge in [-0.3, -0.25) is 4.90 Å². The molecule has 5 nitrogen and oxygen atoms in total. The molecule has 1 aromatic carbocycles. The molecule has 4 rings (SSSR count). The number of aromatic hydroxyl groups is 1. The van der Waals surface area contributed by atoms with Crippen LogP contribution in [0.2, 0.25) is 0 Å². The van der Waals surface area contributed by atoms with Crippen molar-refractivity contribution in [2.24, 2.45) is 0 Å². The maximum atomic E-state index is 9.48. The van der Waals surface area contributed by atoms with Crippen LogP contribution in [-0.2, 0) is 4.74 Å². The molecule has 0 radical (unpaired) electrons. The highest BCUT2D eigenvalue weighted by Crippen LogP contribution is 2.34. The van der Waals surface area contributed by atoms with Gasteiger partial charge in [-0.1, -0.05) is 0 Å². The van der Waals surface area contributed by atoms with E-state index in [1.54, 1.807) is 12.1 Å². The zero-order valence-corrected chi connectivity index (χ0v) is 12.1. The van der Waals surface area contributed by atoms with E-state index >= 15 is 0 Å². The minimum Gasteiger partial charge on any atom is -0.508 e. The predicted molar refractivity (Wildman–Crippen MR) is 78.7 cm³/mol. The van der Waals surface area contributed by atoms with Crippen molar-refractivity contribution in [1.82, 2.24) is 10.2 Å². The summed E-state index contributed by atoms with van der Waals surface area (Å²) in [4.78, 5) is 2.56. The molecule has 0 bridgehead atoms. The molecule has 0 amide bonds. The van der Waals surface area contributed by atoms with Crippen LogP contribution in [0.3, 0.4) is 0 Å². The normalized spacial score (nSPS) is 31.7. The van der Waals surface area contributed by atoms with Gasteiger partial charge in [0.15, 0.2) is 0 Å². The van der Waals surface area contributed by atoms with E-state index in [2.05, 4.69) is 10.2 Å². The highest BCUT2D eigenvalue weighted by Gasteiger charge is 2.33. The number of nitrogens with one attached hydrogen (secondary N) is 1. The molecule has 3 aliphatic heterocycles. The highest BCUT2D eigenvalue weighted by molar-refractivity contribution is 5.44. The molecule has 5 heteroatoms. The number of rotatable bonds is 3. The summed E-state index contributed by atoms with van der Waals surface area (Å²) in [5, 5.41) is 13.0. The Kier molecular flexibility index (Phi) is 3.49. The van der Waals surface area contributed by atoms with Crippen LogP contribution in [-0.4, -0.2) is 55.0 Å². The van der Waals surface area contributed by atoms with Crippen LogP contribution in [0.5, 0.6) is 11.5 Å². The molecule has 3 heterocycles.